The summed E-state index contributed by atoms with van der Waals surface area (Å²) in [6, 6.07) is 7.75. The van der Waals surface area contributed by atoms with Gasteiger partial charge in [0.2, 0.25) is 5.91 Å². The van der Waals surface area contributed by atoms with Gasteiger partial charge in [-0.1, -0.05) is 37.6 Å². The Morgan fingerprint density at radius 1 is 1.39 bits per heavy atom. The fraction of sp³-hybridized carbons (Fsp3) is 0.444. The van der Waals surface area contributed by atoms with Crippen molar-refractivity contribution < 1.29 is 4.79 Å². The molecule has 23 heavy (non-hydrogen) atoms. The topological polar surface area (TPSA) is 42.0 Å². The van der Waals surface area contributed by atoms with Gasteiger partial charge < -0.3 is 5.32 Å². The second-order valence-corrected chi connectivity index (χ2v) is 7.83. The molecule has 2 aromatic rings. The van der Waals surface area contributed by atoms with Crippen LogP contribution in [0.4, 0.5) is 0 Å². The van der Waals surface area contributed by atoms with Crippen LogP contribution in [-0.2, 0) is 4.79 Å². The lowest BCUT2D eigenvalue weighted by atomic mass is 10.1. The van der Waals surface area contributed by atoms with Crippen LogP contribution in [0.1, 0.15) is 61.3 Å². The molecule has 3 rings (SSSR count). The van der Waals surface area contributed by atoms with Gasteiger partial charge in [-0.25, -0.2) is 4.98 Å². The number of benzene rings is 1. The molecule has 3 unspecified atom stereocenters. The third kappa shape index (κ3) is 3.75. The number of carbonyl (C=O) groups is 1. The molecule has 1 aliphatic carbocycles. The molecular formula is C18H21ClN2OS. The molecule has 0 bridgehead atoms. The minimum absolute atomic E-state index is 0.0492. The Bertz CT molecular complexity index is 713. The molecule has 5 heteroatoms. The first-order valence-corrected chi connectivity index (χ1v) is 9.22. The van der Waals surface area contributed by atoms with Crippen molar-refractivity contribution in [3.05, 3.63) is 50.9 Å². The molecule has 1 amide bonds. The average Bonchev–Trinajstić information content (AvgIpc) is 3.15. The summed E-state index contributed by atoms with van der Waals surface area (Å²) in [5.41, 5.74) is 2.10. The lowest BCUT2D eigenvalue weighted by Crippen LogP contribution is -2.28. The number of hydrogen-bond donors (Lipinski definition) is 1. The van der Waals surface area contributed by atoms with Crippen LogP contribution in [0.25, 0.3) is 0 Å². The molecule has 0 saturated heterocycles. The van der Waals surface area contributed by atoms with Crippen LogP contribution >= 0.6 is 22.9 Å². The van der Waals surface area contributed by atoms with Gasteiger partial charge in [0.15, 0.2) is 0 Å². The largest absolute Gasteiger partial charge is 0.348 e. The van der Waals surface area contributed by atoms with Crippen molar-refractivity contribution in [3.8, 4) is 0 Å². The van der Waals surface area contributed by atoms with E-state index in [4.69, 9.17) is 11.6 Å². The van der Waals surface area contributed by atoms with Gasteiger partial charge in [0.05, 0.1) is 16.7 Å². The molecular weight excluding hydrogens is 328 g/mol. The summed E-state index contributed by atoms with van der Waals surface area (Å²) in [5.74, 6) is 0.885. The molecule has 0 radical (unpaired) electrons. The maximum atomic E-state index is 12.4. The number of carbonyl (C=O) groups excluding carboxylic acids is 1. The summed E-state index contributed by atoms with van der Waals surface area (Å²) in [4.78, 5) is 17.0. The van der Waals surface area contributed by atoms with Gasteiger partial charge in [0, 0.05) is 22.2 Å². The summed E-state index contributed by atoms with van der Waals surface area (Å²) in [6.45, 7) is 6.26. The van der Waals surface area contributed by atoms with E-state index in [1.807, 2.05) is 36.6 Å². The summed E-state index contributed by atoms with van der Waals surface area (Å²) in [6.07, 6.45) is 0.896. The normalized spacial score (nSPS) is 21.3. The Hall–Kier alpha value is -1.39. The maximum Gasteiger partial charge on any atom is 0.224 e. The second-order valence-electron chi connectivity index (χ2n) is 6.50. The van der Waals surface area contributed by atoms with Crippen molar-refractivity contribution in [1.82, 2.24) is 10.3 Å². The van der Waals surface area contributed by atoms with E-state index in [1.165, 1.54) is 0 Å². The number of aromatic nitrogens is 1. The number of nitrogens with zero attached hydrogens (tertiary/aromatic N) is 1. The lowest BCUT2D eigenvalue weighted by molar-refractivity contribution is -0.123. The highest BCUT2D eigenvalue weighted by atomic mass is 35.5. The molecule has 1 aromatic carbocycles. The molecule has 1 saturated carbocycles. The first-order chi connectivity index (χ1) is 11.0. The maximum absolute atomic E-state index is 12.4. The zero-order valence-electron chi connectivity index (χ0n) is 13.5. The third-order valence-electron chi connectivity index (χ3n) is 4.24. The standard InChI is InChI=1S/C18H21ClN2OS/c1-10(2)18-21-16(9-23-18)11(3)20-17(22)15-8-14(15)12-5-4-6-13(19)7-12/h4-7,9-11,14-15H,8H2,1-3H3,(H,20,22). The van der Waals surface area contributed by atoms with Crippen LogP contribution in [0.15, 0.2) is 29.6 Å². The SMILES string of the molecule is CC(C)c1nc(C(C)NC(=O)C2CC2c2cccc(Cl)c2)cs1. The van der Waals surface area contributed by atoms with Crippen LogP contribution in [0.3, 0.4) is 0 Å². The van der Waals surface area contributed by atoms with Gasteiger partial charge in [-0.15, -0.1) is 11.3 Å². The predicted molar refractivity (Wildman–Crippen MR) is 95.1 cm³/mol. The Morgan fingerprint density at radius 3 is 2.83 bits per heavy atom. The van der Waals surface area contributed by atoms with E-state index < -0.39 is 0 Å². The molecule has 122 valence electrons. The van der Waals surface area contributed by atoms with Crippen molar-refractivity contribution in [2.45, 2.75) is 45.1 Å². The summed E-state index contributed by atoms with van der Waals surface area (Å²) < 4.78 is 0. The molecule has 1 N–H and O–H groups in total. The van der Waals surface area contributed by atoms with Crippen molar-refractivity contribution in [1.29, 1.82) is 0 Å². The summed E-state index contributed by atoms with van der Waals surface area (Å²) in [7, 11) is 0. The molecule has 1 aliphatic rings. The summed E-state index contributed by atoms with van der Waals surface area (Å²) in [5, 5.41) is 6.98. The Morgan fingerprint density at radius 2 is 2.17 bits per heavy atom. The molecule has 1 aromatic heterocycles. The Labute approximate surface area is 146 Å². The van der Waals surface area contributed by atoms with E-state index >= 15 is 0 Å². The Balaban J connectivity index is 1.59. The van der Waals surface area contributed by atoms with Crippen LogP contribution in [-0.4, -0.2) is 10.9 Å². The fourth-order valence-electron chi connectivity index (χ4n) is 2.75. The van der Waals surface area contributed by atoms with Crippen LogP contribution < -0.4 is 5.32 Å². The molecule has 0 aliphatic heterocycles. The van der Waals surface area contributed by atoms with Crippen molar-refractivity contribution in [2.24, 2.45) is 5.92 Å². The van der Waals surface area contributed by atoms with Gasteiger partial charge in [-0.05, 0) is 37.0 Å². The Kier molecular flexibility index (Phi) is 4.74. The summed E-state index contributed by atoms with van der Waals surface area (Å²) >= 11 is 7.69. The molecule has 1 heterocycles. The zero-order chi connectivity index (χ0) is 16.6. The molecule has 3 nitrogen and oxygen atoms in total. The predicted octanol–water partition coefficient (Wildman–Crippen LogP) is 4.90. The number of halogens is 1. The lowest BCUT2D eigenvalue weighted by Gasteiger charge is -2.12. The number of amides is 1. The van der Waals surface area contributed by atoms with E-state index in [9.17, 15) is 4.79 Å². The van der Waals surface area contributed by atoms with Crippen molar-refractivity contribution >= 4 is 28.8 Å². The number of hydrogen-bond acceptors (Lipinski definition) is 3. The highest BCUT2D eigenvalue weighted by Crippen LogP contribution is 2.48. The molecule has 3 atom stereocenters. The highest BCUT2D eigenvalue weighted by molar-refractivity contribution is 7.09. The minimum Gasteiger partial charge on any atom is -0.348 e. The first kappa shape index (κ1) is 16.5. The zero-order valence-corrected chi connectivity index (χ0v) is 15.1. The van der Waals surface area contributed by atoms with Crippen LogP contribution in [0.5, 0.6) is 0 Å². The molecule has 0 spiro atoms. The van der Waals surface area contributed by atoms with Crippen molar-refractivity contribution in [2.75, 3.05) is 0 Å². The second kappa shape index (κ2) is 6.62. The number of rotatable bonds is 5. The third-order valence-corrected chi connectivity index (χ3v) is 5.64. The minimum atomic E-state index is -0.0492. The monoisotopic (exact) mass is 348 g/mol. The quantitative estimate of drug-likeness (QED) is 0.834. The number of nitrogens with one attached hydrogen (secondary N) is 1. The fourth-order valence-corrected chi connectivity index (χ4v) is 3.88. The van der Waals surface area contributed by atoms with Crippen LogP contribution in [0.2, 0.25) is 5.02 Å². The van der Waals surface area contributed by atoms with E-state index in [1.54, 1.807) is 11.3 Å². The van der Waals surface area contributed by atoms with Gasteiger partial charge >= 0.3 is 0 Å². The van der Waals surface area contributed by atoms with Gasteiger partial charge in [0.25, 0.3) is 0 Å². The van der Waals surface area contributed by atoms with Gasteiger partial charge in [-0.3, -0.25) is 4.79 Å². The van der Waals surface area contributed by atoms with E-state index in [0.29, 0.717) is 11.8 Å². The van der Waals surface area contributed by atoms with Crippen LogP contribution in [0, 0.1) is 5.92 Å². The smallest absolute Gasteiger partial charge is 0.224 e. The highest BCUT2D eigenvalue weighted by Gasteiger charge is 2.44. The first-order valence-electron chi connectivity index (χ1n) is 7.97. The number of thiazole rings is 1. The van der Waals surface area contributed by atoms with Gasteiger partial charge in [0.1, 0.15) is 0 Å². The van der Waals surface area contributed by atoms with E-state index in [0.717, 1.165) is 27.7 Å². The van der Waals surface area contributed by atoms with E-state index in [-0.39, 0.29) is 17.9 Å². The molecule has 1 fully saturated rings. The van der Waals surface area contributed by atoms with Gasteiger partial charge in [-0.2, -0.15) is 0 Å². The van der Waals surface area contributed by atoms with Crippen molar-refractivity contribution in [3.63, 3.8) is 0 Å². The van der Waals surface area contributed by atoms with E-state index in [2.05, 4.69) is 24.1 Å². The average molecular weight is 349 g/mol.